The van der Waals surface area contributed by atoms with Crippen LogP contribution >= 0.6 is 12.4 Å². The van der Waals surface area contributed by atoms with Gasteiger partial charge in [-0.05, 0) is 19.2 Å². The minimum atomic E-state index is -0.677. The van der Waals surface area contributed by atoms with Gasteiger partial charge >= 0.3 is 6.03 Å². The van der Waals surface area contributed by atoms with Crippen LogP contribution in [0.2, 0.25) is 0 Å². The van der Waals surface area contributed by atoms with E-state index in [4.69, 9.17) is 10.5 Å². The predicted molar refractivity (Wildman–Crippen MR) is 80.6 cm³/mol. The summed E-state index contributed by atoms with van der Waals surface area (Å²) in [5, 5.41) is 8.05. The highest BCUT2D eigenvalue weighted by molar-refractivity contribution is 5.93. The number of carbonyl (C=O) groups is 2. The summed E-state index contributed by atoms with van der Waals surface area (Å²) in [6.45, 7) is 0.601. The molecule has 0 aliphatic rings. The third-order valence-corrected chi connectivity index (χ3v) is 2.35. The number of primary amides is 1. The first-order valence-corrected chi connectivity index (χ1v) is 5.75. The maximum atomic E-state index is 11.6. The quantitative estimate of drug-likeness (QED) is 0.632. The molecule has 112 valence electrons. The summed E-state index contributed by atoms with van der Waals surface area (Å²) in [7, 11) is 3.24. The Hall–Kier alpha value is -1.99. The average Bonchev–Trinajstić information content (AvgIpc) is 2.37. The van der Waals surface area contributed by atoms with E-state index in [0.717, 1.165) is 0 Å². The van der Waals surface area contributed by atoms with Gasteiger partial charge in [0.1, 0.15) is 5.75 Å². The fourth-order valence-electron chi connectivity index (χ4n) is 1.47. The van der Waals surface area contributed by atoms with E-state index in [0.29, 0.717) is 30.1 Å². The summed E-state index contributed by atoms with van der Waals surface area (Å²) < 4.78 is 5.12. The SMILES string of the molecule is CNCCC(=O)Nc1ccc(NC(N)=O)c(OC)c1.Cl. The van der Waals surface area contributed by atoms with Crippen LogP contribution in [0.4, 0.5) is 16.2 Å². The fraction of sp³-hybridized carbons (Fsp3) is 0.333. The second-order valence-electron chi connectivity index (χ2n) is 3.81. The molecule has 1 aromatic carbocycles. The Morgan fingerprint density at radius 2 is 2.00 bits per heavy atom. The first-order valence-electron chi connectivity index (χ1n) is 5.75. The summed E-state index contributed by atoms with van der Waals surface area (Å²) in [6.07, 6.45) is 0.375. The number of hydrogen-bond acceptors (Lipinski definition) is 4. The van der Waals surface area contributed by atoms with E-state index in [9.17, 15) is 9.59 Å². The Morgan fingerprint density at radius 3 is 2.55 bits per heavy atom. The van der Waals surface area contributed by atoms with E-state index >= 15 is 0 Å². The van der Waals surface area contributed by atoms with Crippen molar-refractivity contribution >= 4 is 35.7 Å². The van der Waals surface area contributed by atoms with Crippen molar-refractivity contribution in [2.24, 2.45) is 5.73 Å². The molecule has 3 amide bonds. The molecule has 7 nitrogen and oxygen atoms in total. The van der Waals surface area contributed by atoms with Gasteiger partial charge in [0.15, 0.2) is 0 Å². The number of carbonyl (C=O) groups excluding carboxylic acids is 2. The molecule has 0 fully saturated rings. The molecule has 0 bridgehead atoms. The number of amides is 3. The number of rotatable bonds is 6. The van der Waals surface area contributed by atoms with Crippen molar-refractivity contribution in [3.05, 3.63) is 18.2 Å². The van der Waals surface area contributed by atoms with Crippen LogP contribution in [0.5, 0.6) is 5.75 Å². The lowest BCUT2D eigenvalue weighted by atomic mass is 10.2. The van der Waals surface area contributed by atoms with E-state index in [1.54, 1.807) is 25.2 Å². The largest absolute Gasteiger partial charge is 0.494 e. The highest BCUT2D eigenvalue weighted by Crippen LogP contribution is 2.27. The number of halogens is 1. The van der Waals surface area contributed by atoms with Crippen LogP contribution < -0.4 is 26.4 Å². The van der Waals surface area contributed by atoms with Gasteiger partial charge in [0.2, 0.25) is 5.91 Å². The van der Waals surface area contributed by atoms with Gasteiger partial charge in [-0.25, -0.2) is 4.79 Å². The molecular formula is C12H19ClN4O3. The van der Waals surface area contributed by atoms with E-state index < -0.39 is 6.03 Å². The molecular weight excluding hydrogens is 284 g/mol. The Balaban J connectivity index is 0.00000361. The van der Waals surface area contributed by atoms with E-state index in [1.807, 2.05) is 0 Å². The van der Waals surface area contributed by atoms with E-state index in [1.165, 1.54) is 7.11 Å². The summed E-state index contributed by atoms with van der Waals surface area (Å²) >= 11 is 0. The van der Waals surface area contributed by atoms with Crippen molar-refractivity contribution in [2.75, 3.05) is 31.3 Å². The van der Waals surface area contributed by atoms with Gasteiger partial charge in [-0.15, -0.1) is 12.4 Å². The molecule has 0 heterocycles. The van der Waals surface area contributed by atoms with E-state index in [-0.39, 0.29) is 18.3 Å². The minimum Gasteiger partial charge on any atom is -0.494 e. The Kier molecular flexibility index (Phi) is 8.10. The second kappa shape index (κ2) is 9.00. The van der Waals surface area contributed by atoms with Gasteiger partial charge in [-0.1, -0.05) is 0 Å². The van der Waals surface area contributed by atoms with Crippen LogP contribution in [0.3, 0.4) is 0 Å². The molecule has 0 unspecified atom stereocenters. The van der Waals surface area contributed by atoms with Gasteiger partial charge in [0.25, 0.3) is 0 Å². The Bertz CT molecular complexity index is 468. The molecule has 0 saturated heterocycles. The zero-order valence-corrected chi connectivity index (χ0v) is 12.2. The lowest BCUT2D eigenvalue weighted by molar-refractivity contribution is -0.116. The van der Waals surface area contributed by atoms with Crippen LogP contribution in [0.1, 0.15) is 6.42 Å². The Labute approximate surface area is 123 Å². The molecule has 0 spiro atoms. The van der Waals surface area contributed by atoms with Crippen LogP contribution in [-0.4, -0.2) is 32.6 Å². The van der Waals surface area contributed by atoms with Crippen LogP contribution in [0.25, 0.3) is 0 Å². The number of benzene rings is 1. The molecule has 0 atom stereocenters. The standard InChI is InChI=1S/C12H18N4O3.ClH/c1-14-6-5-11(17)15-8-3-4-9(16-12(13)18)10(7-8)19-2;/h3-4,7,14H,5-6H2,1-2H3,(H,15,17)(H3,13,16,18);1H. The summed E-state index contributed by atoms with van der Waals surface area (Å²) in [6, 6.07) is 4.20. The molecule has 0 aliphatic heterocycles. The fourth-order valence-corrected chi connectivity index (χ4v) is 1.47. The monoisotopic (exact) mass is 302 g/mol. The zero-order valence-electron chi connectivity index (χ0n) is 11.4. The van der Waals surface area contributed by atoms with Crippen LogP contribution in [-0.2, 0) is 4.79 Å². The maximum Gasteiger partial charge on any atom is 0.316 e. The smallest absolute Gasteiger partial charge is 0.316 e. The number of hydrogen-bond donors (Lipinski definition) is 4. The molecule has 1 rings (SSSR count). The summed E-state index contributed by atoms with van der Waals surface area (Å²) in [5.41, 5.74) is 6.08. The molecule has 20 heavy (non-hydrogen) atoms. The zero-order chi connectivity index (χ0) is 14.3. The topological polar surface area (TPSA) is 105 Å². The predicted octanol–water partition coefficient (Wildman–Crippen LogP) is 1.16. The van der Waals surface area contributed by atoms with Gasteiger partial charge in [0, 0.05) is 24.7 Å². The summed E-state index contributed by atoms with van der Waals surface area (Å²) in [5.74, 6) is 0.317. The third kappa shape index (κ3) is 5.77. The Morgan fingerprint density at radius 1 is 1.30 bits per heavy atom. The molecule has 0 radical (unpaired) electrons. The molecule has 0 aromatic heterocycles. The van der Waals surface area contributed by atoms with Crippen molar-refractivity contribution in [3.8, 4) is 5.75 Å². The summed E-state index contributed by atoms with van der Waals surface area (Å²) in [4.78, 5) is 22.3. The van der Waals surface area contributed by atoms with Crippen molar-refractivity contribution < 1.29 is 14.3 Å². The third-order valence-electron chi connectivity index (χ3n) is 2.35. The van der Waals surface area contributed by atoms with E-state index in [2.05, 4.69) is 16.0 Å². The van der Waals surface area contributed by atoms with Crippen LogP contribution in [0.15, 0.2) is 18.2 Å². The van der Waals surface area contributed by atoms with Gasteiger partial charge < -0.3 is 26.4 Å². The second-order valence-corrected chi connectivity index (χ2v) is 3.81. The molecule has 0 aliphatic carbocycles. The normalized spacial score (nSPS) is 9.30. The van der Waals surface area contributed by atoms with Gasteiger partial charge in [-0.2, -0.15) is 0 Å². The lowest BCUT2D eigenvalue weighted by Crippen LogP contribution is -2.20. The highest BCUT2D eigenvalue weighted by Gasteiger charge is 2.08. The number of nitrogens with two attached hydrogens (primary N) is 1. The molecule has 5 N–H and O–H groups in total. The number of urea groups is 1. The molecule has 0 saturated carbocycles. The first-order chi connectivity index (χ1) is 9.06. The molecule has 8 heteroatoms. The minimum absolute atomic E-state index is 0. The number of nitrogens with one attached hydrogen (secondary N) is 3. The number of ether oxygens (including phenoxy) is 1. The van der Waals surface area contributed by atoms with Crippen molar-refractivity contribution in [3.63, 3.8) is 0 Å². The van der Waals surface area contributed by atoms with Crippen LogP contribution in [0, 0.1) is 0 Å². The van der Waals surface area contributed by atoms with Gasteiger partial charge in [-0.3, -0.25) is 4.79 Å². The van der Waals surface area contributed by atoms with Crippen molar-refractivity contribution in [2.45, 2.75) is 6.42 Å². The van der Waals surface area contributed by atoms with Crippen molar-refractivity contribution in [1.29, 1.82) is 0 Å². The first kappa shape index (κ1) is 18.0. The maximum absolute atomic E-state index is 11.6. The lowest BCUT2D eigenvalue weighted by Gasteiger charge is -2.11. The highest BCUT2D eigenvalue weighted by atomic mass is 35.5. The number of anilines is 2. The van der Waals surface area contributed by atoms with Crippen molar-refractivity contribution in [1.82, 2.24) is 5.32 Å². The number of methoxy groups -OCH3 is 1. The van der Waals surface area contributed by atoms with Gasteiger partial charge in [0.05, 0.1) is 12.8 Å². The molecule has 1 aromatic rings. The average molecular weight is 303 g/mol.